The van der Waals surface area contributed by atoms with Gasteiger partial charge in [-0.05, 0) is 23.3 Å². The highest BCUT2D eigenvalue weighted by atomic mass is 35.5. The maximum atomic E-state index is 5.95. The minimum atomic E-state index is 0.262. The smallest absolute Gasteiger partial charge is 0.231 e. The summed E-state index contributed by atoms with van der Waals surface area (Å²) in [6.07, 6.45) is 1.54. The normalized spacial score (nSPS) is 12.5. The van der Waals surface area contributed by atoms with Crippen molar-refractivity contribution in [2.45, 2.75) is 13.2 Å². The molecule has 0 spiro atoms. The third-order valence-electron chi connectivity index (χ3n) is 2.95. The van der Waals surface area contributed by atoms with Crippen LogP contribution in [0.25, 0.3) is 0 Å². The highest BCUT2D eigenvalue weighted by Gasteiger charge is 2.13. The van der Waals surface area contributed by atoms with E-state index in [4.69, 9.17) is 31.5 Å². The van der Waals surface area contributed by atoms with Crippen LogP contribution >= 0.6 is 11.6 Å². The number of hydrogen-bond donors (Lipinski definition) is 1. The van der Waals surface area contributed by atoms with E-state index in [9.17, 15) is 0 Å². The first-order chi connectivity index (χ1) is 9.76. The molecule has 0 amide bonds. The van der Waals surface area contributed by atoms with Crippen molar-refractivity contribution in [3.05, 3.63) is 46.6 Å². The summed E-state index contributed by atoms with van der Waals surface area (Å²) in [5, 5.41) is 0.544. The van der Waals surface area contributed by atoms with Crippen LogP contribution < -0.4 is 19.9 Å². The molecule has 6 heteroatoms. The number of halogens is 1. The Morgan fingerprint density at radius 1 is 1.25 bits per heavy atom. The third-order valence-corrected chi connectivity index (χ3v) is 3.29. The molecule has 2 heterocycles. The zero-order valence-electron chi connectivity index (χ0n) is 10.6. The molecule has 0 unspecified atom stereocenters. The van der Waals surface area contributed by atoms with Gasteiger partial charge in [0.05, 0.1) is 5.02 Å². The molecule has 20 heavy (non-hydrogen) atoms. The Labute approximate surface area is 121 Å². The molecule has 0 saturated carbocycles. The van der Waals surface area contributed by atoms with Gasteiger partial charge in [0.25, 0.3) is 0 Å². The van der Waals surface area contributed by atoms with E-state index < -0.39 is 0 Å². The summed E-state index contributed by atoms with van der Waals surface area (Å²) in [6.45, 7) is 0.995. The second kappa shape index (κ2) is 5.56. The molecule has 0 atom stereocenters. The molecule has 0 radical (unpaired) electrons. The van der Waals surface area contributed by atoms with Gasteiger partial charge in [0.1, 0.15) is 6.61 Å². The van der Waals surface area contributed by atoms with E-state index in [1.54, 1.807) is 12.3 Å². The molecule has 1 aromatic carbocycles. The fourth-order valence-corrected chi connectivity index (χ4v) is 2.06. The molecule has 2 aromatic rings. The second-order valence-corrected chi connectivity index (χ2v) is 4.70. The average Bonchev–Trinajstić information content (AvgIpc) is 2.94. The second-order valence-electron chi connectivity index (χ2n) is 4.29. The molecule has 0 aliphatic carbocycles. The highest BCUT2D eigenvalue weighted by Crippen LogP contribution is 2.32. The van der Waals surface area contributed by atoms with E-state index in [1.165, 1.54) is 0 Å². The maximum absolute atomic E-state index is 5.95. The molecule has 104 valence electrons. The number of benzene rings is 1. The molecule has 0 bridgehead atoms. The van der Waals surface area contributed by atoms with Crippen molar-refractivity contribution in [1.82, 2.24) is 4.98 Å². The highest BCUT2D eigenvalue weighted by molar-refractivity contribution is 6.31. The molecule has 0 saturated heterocycles. The van der Waals surface area contributed by atoms with Crippen LogP contribution in [0, 0.1) is 0 Å². The lowest BCUT2D eigenvalue weighted by Gasteiger charge is -2.08. The van der Waals surface area contributed by atoms with Crippen LogP contribution in [-0.2, 0) is 13.2 Å². The molecular formula is C14H13ClN2O3. The van der Waals surface area contributed by atoms with Crippen molar-refractivity contribution < 1.29 is 14.2 Å². The van der Waals surface area contributed by atoms with E-state index in [0.29, 0.717) is 24.1 Å². The topological polar surface area (TPSA) is 66.6 Å². The van der Waals surface area contributed by atoms with Gasteiger partial charge in [0.15, 0.2) is 11.5 Å². The number of nitrogens with zero attached hydrogens (tertiary/aromatic N) is 1. The predicted octanol–water partition coefficient (Wildman–Crippen LogP) is 2.50. The summed E-state index contributed by atoms with van der Waals surface area (Å²) in [5.41, 5.74) is 7.37. The van der Waals surface area contributed by atoms with Gasteiger partial charge < -0.3 is 19.9 Å². The first-order valence-electron chi connectivity index (χ1n) is 6.12. The summed E-state index contributed by atoms with van der Waals surface area (Å²) < 4.78 is 16.2. The van der Waals surface area contributed by atoms with Crippen molar-refractivity contribution in [3.63, 3.8) is 0 Å². The lowest BCUT2D eigenvalue weighted by Crippen LogP contribution is -2.01. The summed E-state index contributed by atoms with van der Waals surface area (Å²) >= 11 is 5.95. The van der Waals surface area contributed by atoms with Crippen LogP contribution in [0.15, 0.2) is 30.5 Å². The van der Waals surface area contributed by atoms with Gasteiger partial charge in [0.2, 0.25) is 12.7 Å². The standard InChI is InChI=1S/C14H13ClN2O3/c15-11-6-17-14(4-10(11)5-16)18-7-9-1-2-12-13(3-9)20-8-19-12/h1-4,6H,5,7-8,16H2. The number of nitrogens with two attached hydrogens (primary N) is 1. The van der Waals surface area contributed by atoms with Gasteiger partial charge in [-0.15, -0.1) is 0 Å². The van der Waals surface area contributed by atoms with Crippen molar-refractivity contribution in [2.75, 3.05) is 6.79 Å². The molecule has 0 fully saturated rings. The number of pyridine rings is 1. The zero-order chi connectivity index (χ0) is 13.9. The third kappa shape index (κ3) is 2.64. The molecule has 5 nitrogen and oxygen atoms in total. The van der Waals surface area contributed by atoms with Crippen LogP contribution in [0.5, 0.6) is 17.4 Å². The van der Waals surface area contributed by atoms with E-state index in [2.05, 4.69) is 4.98 Å². The van der Waals surface area contributed by atoms with Gasteiger partial charge in [-0.1, -0.05) is 17.7 Å². The quantitative estimate of drug-likeness (QED) is 0.938. The van der Waals surface area contributed by atoms with Crippen LogP contribution in [0.3, 0.4) is 0 Å². The monoisotopic (exact) mass is 292 g/mol. The minimum absolute atomic E-state index is 0.262. The fourth-order valence-electron chi connectivity index (χ4n) is 1.88. The number of fused-ring (bicyclic) bond motifs is 1. The molecule has 1 aromatic heterocycles. The predicted molar refractivity (Wildman–Crippen MR) is 74.0 cm³/mol. The first-order valence-corrected chi connectivity index (χ1v) is 6.50. The number of aromatic nitrogens is 1. The molecule has 3 rings (SSSR count). The number of ether oxygens (including phenoxy) is 3. The van der Waals surface area contributed by atoms with Crippen LogP contribution in [0.2, 0.25) is 5.02 Å². The summed E-state index contributed by atoms with van der Waals surface area (Å²) in [4.78, 5) is 4.11. The van der Waals surface area contributed by atoms with E-state index in [1.807, 2.05) is 18.2 Å². The van der Waals surface area contributed by atoms with Gasteiger partial charge in [-0.2, -0.15) is 0 Å². The largest absolute Gasteiger partial charge is 0.473 e. The molecule has 2 N–H and O–H groups in total. The molecular weight excluding hydrogens is 280 g/mol. The van der Waals surface area contributed by atoms with Gasteiger partial charge >= 0.3 is 0 Å². The van der Waals surface area contributed by atoms with E-state index in [0.717, 1.165) is 22.6 Å². The first kappa shape index (κ1) is 13.0. The summed E-state index contributed by atoms with van der Waals surface area (Å²) in [6, 6.07) is 7.42. The van der Waals surface area contributed by atoms with Crippen LogP contribution in [0.1, 0.15) is 11.1 Å². The van der Waals surface area contributed by atoms with Gasteiger partial charge in [0, 0.05) is 18.8 Å². The zero-order valence-corrected chi connectivity index (χ0v) is 11.4. The van der Waals surface area contributed by atoms with Crippen LogP contribution in [-0.4, -0.2) is 11.8 Å². The Balaban J connectivity index is 1.70. The molecule has 1 aliphatic rings. The average molecular weight is 293 g/mol. The molecule has 1 aliphatic heterocycles. The SMILES string of the molecule is NCc1cc(OCc2ccc3c(c2)OCO3)ncc1Cl. The lowest BCUT2D eigenvalue weighted by molar-refractivity contribution is 0.174. The Morgan fingerprint density at radius 3 is 2.95 bits per heavy atom. The van der Waals surface area contributed by atoms with E-state index in [-0.39, 0.29) is 6.79 Å². The summed E-state index contributed by atoms with van der Waals surface area (Å²) in [7, 11) is 0. The Hall–Kier alpha value is -1.98. The Kier molecular flexibility index (Phi) is 3.62. The maximum Gasteiger partial charge on any atom is 0.231 e. The van der Waals surface area contributed by atoms with Gasteiger partial charge in [-0.3, -0.25) is 0 Å². The van der Waals surface area contributed by atoms with Crippen molar-refractivity contribution in [2.24, 2.45) is 5.73 Å². The number of rotatable bonds is 4. The Morgan fingerprint density at radius 2 is 2.10 bits per heavy atom. The van der Waals surface area contributed by atoms with Crippen LogP contribution in [0.4, 0.5) is 0 Å². The van der Waals surface area contributed by atoms with Crippen molar-refractivity contribution in [3.8, 4) is 17.4 Å². The lowest BCUT2D eigenvalue weighted by atomic mass is 10.2. The fraction of sp³-hybridized carbons (Fsp3) is 0.214. The van der Waals surface area contributed by atoms with Crippen molar-refractivity contribution >= 4 is 11.6 Å². The number of hydrogen-bond acceptors (Lipinski definition) is 5. The van der Waals surface area contributed by atoms with Gasteiger partial charge in [-0.25, -0.2) is 4.98 Å². The minimum Gasteiger partial charge on any atom is -0.473 e. The summed E-state index contributed by atoms with van der Waals surface area (Å²) in [5.74, 6) is 1.98. The Bertz CT molecular complexity index is 623. The van der Waals surface area contributed by atoms with E-state index >= 15 is 0 Å². The van der Waals surface area contributed by atoms with Crippen molar-refractivity contribution in [1.29, 1.82) is 0 Å².